The van der Waals surface area contributed by atoms with Crippen molar-refractivity contribution in [1.29, 1.82) is 0 Å². The maximum Gasteiger partial charge on any atom is 0.291 e. The minimum absolute atomic E-state index is 0.00305. The molecule has 0 saturated carbocycles. The van der Waals surface area contributed by atoms with Gasteiger partial charge in [0.05, 0.1) is 16.9 Å². The van der Waals surface area contributed by atoms with E-state index in [0.717, 1.165) is 12.0 Å². The molecule has 154 valence electrons. The summed E-state index contributed by atoms with van der Waals surface area (Å²) < 4.78 is 30.7. The van der Waals surface area contributed by atoms with Crippen LogP contribution in [0.25, 0.3) is 11.1 Å². The van der Waals surface area contributed by atoms with Gasteiger partial charge in [0.25, 0.3) is 5.91 Å². The van der Waals surface area contributed by atoms with Gasteiger partial charge in [-0.2, -0.15) is 0 Å². The Kier molecular flexibility index (Phi) is 4.71. The third-order valence-electron chi connectivity index (χ3n) is 5.45. The Balaban J connectivity index is 1.36. The summed E-state index contributed by atoms with van der Waals surface area (Å²) in [7, 11) is -3.59. The second kappa shape index (κ2) is 7.56. The van der Waals surface area contributed by atoms with Crippen LogP contribution in [0, 0.1) is 0 Å². The Hall–Kier alpha value is -3.64. The molecule has 0 atom stereocenters. The lowest BCUT2D eigenvalue weighted by atomic mass is 10.1. The van der Waals surface area contributed by atoms with Crippen LogP contribution in [0.5, 0.6) is 0 Å². The predicted molar refractivity (Wildman–Crippen MR) is 119 cm³/mol. The van der Waals surface area contributed by atoms with E-state index < -0.39 is 15.7 Å². The Bertz CT molecular complexity index is 1390. The molecule has 1 heterocycles. The van der Waals surface area contributed by atoms with Crippen LogP contribution in [0.4, 0.5) is 5.69 Å². The summed E-state index contributed by atoms with van der Waals surface area (Å²) in [5.41, 5.74) is 5.77. The van der Waals surface area contributed by atoms with Crippen LogP contribution in [-0.4, -0.2) is 14.3 Å². The summed E-state index contributed by atoms with van der Waals surface area (Å²) in [4.78, 5) is 13.0. The molecule has 6 heteroatoms. The standard InChI is InChI=1S/C25H19NO4S/c27-25(24-18(12-13-30-24)16-31(28,29)21-7-2-1-3-8-21)26-20-10-11-23-19(15-20)14-17-6-4-5-9-22(17)23/h1-13,15H,14,16H2,(H,26,27). The second-order valence-corrected chi connectivity index (χ2v) is 9.50. The molecule has 0 radical (unpaired) electrons. The molecule has 31 heavy (non-hydrogen) atoms. The molecule has 1 aromatic heterocycles. The Morgan fingerprint density at radius 1 is 0.871 bits per heavy atom. The maximum atomic E-state index is 12.8. The topological polar surface area (TPSA) is 76.4 Å². The van der Waals surface area contributed by atoms with E-state index in [9.17, 15) is 13.2 Å². The van der Waals surface area contributed by atoms with Gasteiger partial charge in [0.15, 0.2) is 15.6 Å². The van der Waals surface area contributed by atoms with Crippen molar-refractivity contribution in [1.82, 2.24) is 0 Å². The number of hydrogen-bond acceptors (Lipinski definition) is 4. The minimum atomic E-state index is -3.59. The average Bonchev–Trinajstić information content (AvgIpc) is 3.38. The van der Waals surface area contributed by atoms with E-state index in [1.54, 1.807) is 18.2 Å². The first kappa shape index (κ1) is 19.3. The molecule has 0 spiro atoms. The fourth-order valence-corrected chi connectivity index (χ4v) is 5.35. The monoisotopic (exact) mass is 429 g/mol. The van der Waals surface area contributed by atoms with Crippen LogP contribution < -0.4 is 5.32 Å². The number of nitrogens with one attached hydrogen (secondary N) is 1. The second-order valence-electron chi connectivity index (χ2n) is 7.51. The van der Waals surface area contributed by atoms with Crippen molar-refractivity contribution < 1.29 is 17.6 Å². The van der Waals surface area contributed by atoms with Crippen LogP contribution in [-0.2, 0) is 22.0 Å². The van der Waals surface area contributed by atoms with Gasteiger partial charge in [0.2, 0.25) is 0 Å². The van der Waals surface area contributed by atoms with Gasteiger partial charge in [-0.1, -0.05) is 48.5 Å². The molecule has 1 amide bonds. The Morgan fingerprint density at radius 2 is 1.61 bits per heavy atom. The number of carbonyl (C=O) groups is 1. The summed E-state index contributed by atoms with van der Waals surface area (Å²) in [5.74, 6) is -0.780. The molecule has 0 saturated heterocycles. The molecule has 1 N–H and O–H groups in total. The highest BCUT2D eigenvalue weighted by Crippen LogP contribution is 2.37. The average molecular weight is 429 g/mol. The van der Waals surface area contributed by atoms with Gasteiger partial charge in [-0.15, -0.1) is 0 Å². The fourth-order valence-electron chi connectivity index (χ4n) is 3.98. The van der Waals surface area contributed by atoms with Crippen molar-refractivity contribution in [3.8, 4) is 11.1 Å². The number of hydrogen-bond donors (Lipinski definition) is 1. The van der Waals surface area contributed by atoms with Gasteiger partial charge in [-0.05, 0) is 59.0 Å². The molecule has 0 fully saturated rings. The lowest BCUT2D eigenvalue weighted by Crippen LogP contribution is -2.15. The molecular weight excluding hydrogens is 410 g/mol. The van der Waals surface area contributed by atoms with Gasteiger partial charge in [0.1, 0.15) is 0 Å². The first-order valence-electron chi connectivity index (χ1n) is 9.88. The molecule has 5 nitrogen and oxygen atoms in total. The first-order chi connectivity index (χ1) is 15.0. The van der Waals surface area contributed by atoms with E-state index in [-0.39, 0.29) is 16.4 Å². The van der Waals surface area contributed by atoms with Crippen LogP contribution >= 0.6 is 0 Å². The smallest absolute Gasteiger partial charge is 0.291 e. The molecule has 4 aromatic rings. The van der Waals surface area contributed by atoms with E-state index in [1.807, 2.05) is 30.3 Å². The molecule has 0 aliphatic heterocycles. The minimum Gasteiger partial charge on any atom is -0.459 e. The highest BCUT2D eigenvalue weighted by molar-refractivity contribution is 7.90. The largest absolute Gasteiger partial charge is 0.459 e. The molecule has 0 bridgehead atoms. The van der Waals surface area contributed by atoms with Crippen molar-refractivity contribution in [2.75, 3.05) is 5.32 Å². The Morgan fingerprint density at radius 3 is 2.45 bits per heavy atom. The summed E-state index contributed by atoms with van der Waals surface area (Å²) in [6.07, 6.45) is 2.15. The van der Waals surface area contributed by atoms with E-state index >= 15 is 0 Å². The number of amides is 1. The molecule has 0 unspecified atom stereocenters. The van der Waals surface area contributed by atoms with Gasteiger partial charge in [0, 0.05) is 11.3 Å². The zero-order chi connectivity index (χ0) is 21.4. The van der Waals surface area contributed by atoms with Crippen molar-refractivity contribution in [3.05, 3.63) is 108 Å². The van der Waals surface area contributed by atoms with Crippen LogP contribution in [0.2, 0.25) is 0 Å². The van der Waals surface area contributed by atoms with Crippen molar-refractivity contribution in [2.24, 2.45) is 0 Å². The van der Waals surface area contributed by atoms with Crippen LogP contribution in [0.1, 0.15) is 27.2 Å². The molecule has 1 aliphatic rings. The maximum absolute atomic E-state index is 12.8. The zero-order valence-electron chi connectivity index (χ0n) is 16.5. The van der Waals surface area contributed by atoms with E-state index in [1.165, 1.54) is 41.2 Å². The van der Waals surface area contributed by atoms with E-state index in [2.05, 4.69) is 17.4 Å². The van der Waals surface area contributed by atoms with Crippen molar-refractivity contribution in [2.45, 2.75) is 17.1 Å². The van der Waals surface area contributed by atoms with Gasteiger partial charge in [-0.25, -0.2) is 8.42 Å². The number of rotatable bonds is 5. The summed E-state index contributed by atoms with van der Waals surface area (Å²) in [5, 5.41) is 2.84. The molecule has 1 aliphatic carbocycles. The van der Waals surface area contributed by atoms with Crippen molar-refractivity contribution in [3.63, 3.8) is 0 Å². The van der Waals surface area contributed by atoms with Crippen LogP contribution in [0.15, 0.2) is 94.4 Å². The summed E-state index contributed by atoms with van der Waals surface area (Å²) >= 11 is 0. The third kappa shape index (κ3) is 3.66. The van der Waals surface area contributed by atoms with E-state index in [4.69, 9.17) is 4.42 Å². The van der Waals surface area contributed by atoms with Crippen molar-refractivity contribution >= 4 is 21.4 Å². The summed E-state index contributed by atoms with van der Waals surface area (Å²) in [6, 6.07) is 23.7. The number of sulfone groups is 1. The fraction of sp³-hybridized carbons (Fsp3) is 0.0800. The molecular formula is C25H19NO4S. The first-order valence-corrected chi connectivity index (χ1v) is 11.5. The van der Waals surface area contributed by atoms with Gasteiger partial charge >= 0.3 is 0 Å². The predicted octanol–water partition coefficient (Wildman–Crippen LogP) is 5.08. The number of furan rings is 1. The lowest BCUT2D eigenvalue weighted by Gasteiger charge is -2.08. The number of fused-ring (bicyclic) bond motifs is 3. The molecule has 5 rings (SSSR count). The van der Waals surface area contributed by atoms with Crippen LogP contribution in [0.3, 0.4) is 0 Å². The van der Waals surface area contributed by atoms with Gasteiger partial charge in [-0.3, -0.25) is 4.79 Å². The zero-order valence-corrected chi connectivity index (χ0v) is 17.4. The molecule has 3 aromatic carbocycles. The SMILES string of the molecule is O=C(Nc1ccc2c(c1)Cc1ccccc1-2)c1occc1CS(=O)(=O)c1ccccc1. The lowest BCUT2D eigenvalue weighted by molar-refractivity contribution is 0.0996. The highest BCUT2D eigenvalue weighted by atomic mass is 32.2. The number of anilines is 1. The highest BCUT2D eigenvalue weighted by Gasteiger charge is 2.23. The number of carbonyl (C=O) groups excluding carboxylic acids is 1. The summed E-state index contributed by atoms with van der Waals surface area (Å²) in [6.45, 7) is 0. The van der Waals surface area contributed by atoms with E-state index in [0.29, 0.717) is 11.3 Å². The quantitative estimate of drug-likeness (QED) is 0.423. The normalized spacial score (nSPS) is 12.3. The number of benzene rings is 3. The Labute approximate surface area is 180 Å². The third-order valence-corrected chi connectivity index (χ3v) is 7.13. The van der Waals surface area contributed by atoms with Gasteiger partial charge < -0.3 is 9.73 Å².